The summed E-state index contributed by atoms with van der Waals surface area (Å²) in [5, 5.41) is 3.33. The van der Waals surface area contributed by atoms with Gasteiger partial charge in [-0.15, -0.1) is 0 Å². The molecule has 0 unspecified atom stereocenters. The van der Waals surface area contributed by atoms with Crippen LogP contribution in [0.25, 0.3) is 0 Å². The van der Waals surface area contributed by atoms with E-state index in [0.29, 0.717) is 0 Å². The number of ether oxygens (including phenoxy) is 1. The molecule has 0 aliphatic heterocycles. The first-order chi connectivity index (χ1) is 7.33. The zero-order valence-corrected chi connectivity index (χ0v) is 12.3. The van der Waals surface area contributed by atoms with Crippen LogP contribution in [0.5, 0.6) is 5.75 Å². The Bertz CT molecular complexity index is 283. The second-order valence-corrected chi connectivity index (χ2v) is 5.09. The van der Waals surface area contributed by atoms with E-state index >= 15 is 0 Å². The minimum Gasteiger partial charge on any atom is -0.492 e. The van der Waals surface area contributed by atoms with Gasteiger partial charge < -0.3 is 10.1 Å². The Morgan fingerprint density at radius 2 is 2.20 bits per heavy atom. The third-order valence-electron chi connectivity index (χ3n) is 1.83. The van der Waals surface area contributed by atoms with Crippen molar-refractivity contribution in [2.75, 3.05) is 24.1 Å². The van der Waals surface area contributed by atoms with Crippen LogP contribution in [0.2, 0.25) is 0 Å². The Kier molecular flexibility index (Phi) is 7.38. The van der Waals surface area contributed by atoms with Crippen LogP contribution in [0.1, 0.15) is 6.42 Å². The lowest BCUT2D eigenvalue weighted by molar-refractivity contribution is 0.314. The van der Waals surface area contributed by atoms with Gasteiger partial charge in [-0.25, -0.2) is 0 Å². The van der Waals surface area contributed by atoms with E-state index in [4.69, 9.17) is 4.74 Å². The van der Waals surface area contributed by atoms with Crippen LogP contribution in [0.15, 0.2) is 28.7 Å². The lowest BCUT2D eigenvalue weighted by Gasteiger charge is -2.07. The summed E-state index contributed by atoms with van der Waals surface area (Å²) in [7, 11) is 0. The van der Waals surface area contributed by atoms with E-state index in [2.05, 4.69) is 43.8 Å². The van der Waals surface area contributed by atoms with E-state index in [-0.39, 0.29) is 0 Å². The van der Waals surface area contributed by atoms with Crippen molar-refractivity contribution in [1.29, 1.82) is 0 Å². The molecule has 4 heteroatoms. The summed E-state index contributed by atoms with van der Waals surface area (Å²) in [5.41, 5.74) is 0. The van der Waals surface area contributed by atoms with E-state index in [1.165, 1.54) is 10.8 Å². The molecular formula is C11H15BrINO. The fourth-order valence-corrected chi connectivity index (χ4v) is 1.87. The van der Waals surface area contributed by atoms with Gasteiger partial charge in [-0.05, 0) is 31.2 Å². The maximum atomic E-state index is 5.57. The molecular weight excluding hydrogens is 369 g/mol. The molecule has 0 saturated carbocycles. The summed E-state index contributed by atoms with van der Waals surface area (Å²) in [4.78, 5) is 0. The van der Waals surface area contributed by atoms with Gasteiger partial charge in [0.05, 0.1) is 0 Å². The number of nitrogens with one attached hydrogen (secondary N) is 1. The first kappa shape index (κ1) is 13.3. The Morgan fingerprint density at radius 1 is 1.33 bits per heavy atom. The summed E-state index contributed by atoms with van der Waals surface area (Å²) in [6, 6.07) is 7.91. The Morgan fingerprint density at radius 3 is 2.93 bits per heavy atom. The molecule has 0 fully saturated rings. The second kappa shape index (κ2) is 8.35. The van der Waals surface area contributed by atoms with E-state index in [9.17, 15) is 0 Å². The van der Waals surface area contributed by atoms with Crippen molar-refractivity contribution in [2.24, 2.45) is 0 Å². The summed E-state index contributed by atoms with van der Waals surface area (Å²) < 4.78 is 7.83. The van der Waals surface area contributed by atoms with Gasteiger partial charge in [0.2, 0.25) is 0 Å². The average Bonchev–Trinajstić information content (AvgIpc) is 2.23. The molecule has 0 heterocycles. The monoisotopic (exact) mass is 383 g/mol. The summed E-state index contributed by atoms with van der Waals surface area (Å²) in [5.74, 6) is 0.917. The van der Waals surface area contributed by atoms with Crippen molar-refractivity contribution in [3.8, 4) is 5.75 Å². The van der Waals surface area contributed by atoms with Gasteiger partial charge in [0.25, 0.3) is 0 Å². The zero-order valence-electron chi connectivity index (χ0n) is 8.51. The van der Waals surface area contributed by atoms with Gasteiger partial charge >= 0.3 is 0 Å². The number of benzene rings is 1. The number of hydrogen-bond acceptors (Lipinski definition) is 2. The van der Waals surface area contributed by atoms with Crippen molar-refractivity contribution in [1.82, 2.24) is 5.32 Å². The van der Waals surface area contributed by atoms with Crippen molar-refractivity contribution >= 4 is 38.5 Å². The molecule has 1 N–H and O–H groups in total. The van der Waals surface area contributed by atoms with E-state index < -0.39 is 0 Å². The second-order valence-electron chi connectivity index (χ2n) is 3.10. The van der Waals surface area contributed by atoms with Crippen molar-refractivity contribution < 1.29 is 4.74 Å². The molecule has 0 aromatic heterocycles. The molecule has 0 amide bonds. The molecule has 1 rings (SSSR count). The number of halogens is 2. The predicted molar refractivity (Wildman–Crippen MR) is 76.0 cm³/mol. The molecule has 0 saturated heterocycles. The highest BCUT2D eigenvalue weighted by Gasteiger charge is 1.93. The van der Waals surface area contributed by atoms with E-state index in [1.807, 2.05) is 24.3 Å². The molecule has 0 bridgehead atoms. The molecule has 84 valence electrons. The number of hydrogen-bond donors (Lipinski definition) is 1. The van der Waals surface area contributed by atoms with E-state index in [1.54, 1.807) is 0 Å². The normalized spacial score (nSPS) is 10.3. The van der Waals surface area contributed by atoms with E-state index in [0.717, 1.165) is 29.9 Å². The summed E-state index contributed by atoms with van der Waals surface area (Å²) in [6.07, 6.45) is 1.22. The number of rotatable bonds is 7. The van der Waals surface area contributed by atoms with Crippen LogP contribution in [-0.4, -0.2) is 24.1 Å². The van der Waals surface area contributed by atoms with Gasteiger partial charge in [0.15, 0.2) is 0 Å². The van der Waals surface area contributed by atoms with Gasteiger partial charge in [-0.3, -0.25) is 0 Å². The summed E-state index contributed by atoms with van der Waals surface area (Å²) in [6.45, 7) is 2.70. The quantitative estimate of drug-likeness (QED) is 0.443. The van der Waals surface area contributed by atoms with Gasteiger partial charge in [0, 0.05) is 15.4 Å². The third-order valence-corrected chi connectivity index (χ3v) is 3.09. The van der Waals surface area contributed by atoms with Crippen molar-refractivity contribution in [3.05, 3.63) is 28.7 Å². The molecule has 0 spiro atoms. The third kappa shape index (κ3) is 6.37. The molecule has 15 heavy (non-hydrogen) atoms. The predicted octanol–water partition coefficient (Wildman–Crippen LogP) is 3.24. The highest BCUT2D eigenvalue weighted by Crippen LogP contribution is 2.17. The Labute approximate surface area is 113 Å². The molecule has 0 radical (unpaired) electrons. The first-order valence-corrected chi connectivity index (χ1v) is 7.30. The molecule has 0 atom stereocenters. The molecule has 0 aliphatic rings. The summed E-state index contributed by atoms with van der Waals surface area (Å²) >= 11 is 5.79. The number of alkyl halides is 1. The standard InChI is InChI=1S/C11H15BrINO/c12-10-3-1-4-11(9-10)15-8-7-14-6-2-5-13/h1,3-4,9,14H,2,5-8H2. The smallest absolute Gasteiger partial charge is 0.120 e. The zero-order chi connectivity index (χ0) is 10.9. The van der Waals surface area contributed by atoms with Crippen LogP contribution in [-0.2, 0) is 0 Å². The molecule has 1 aromatic rings. The lowest BCUT2D eigenvalue weighted by Crippen LogP contribution is -2.22. The Balaban J connectivity index is 2.10. The molecule has 0 aliphatic carbocycles. The minimum atomic E-state index is 0.720. The average molecular weight is 384 g/mol. The highest BCUT2D eigenvalue weighted by atomic mass is 127. The van der Waals surface area contributed by atoms with Gasteiger partial charge in [-0.2, -0.15) is 0 Å². The van der Waals surface area contributed by atoms with Crippen molar-refractivity contribution in [3.63, 3.8) is 0 Å². The van der Waals surface area contributed by atoms with Crippen LogP contribution >= 0.6 is 38.5 Å². The van der Waals surface area contributed by atoms with Crippen LogP contribution < -0.4 is 10.1 Å². The lowest BCUT2D eigenvalue weighted by atomic mass is 10.3. The fourth-order valence-electron chi connectivity index (χ4n) is 1.11. The molecule has 1 aromatic carbocycles. The van der Waals surface area contributed by atoms with Crippen LogP contribution in [0, 0.1) is 0 Å². The van der Waals surface area contributed by atoms with Crippen LogP contribution in [0.3, 0.4) is 0 Å². The van der Waals surface area contributed by atoms with Gasteiger partial charge in [-0.1, -0.05) is 44.6 Å². The topological polar surface area (TPSA) is 21.3 Å². The maximum Gasteiger partial charge on any atom is 0.120 e. The molecule has 2 nitrogen and oxygen atoms in total. The highest BCUT2D eigenvalue weighted by molar-refractivity contribution is 14.1. The minimum absolute atomic E-state index is 0.720. The fraction of sp³-hybridized carbons (Fsp3) is 0.455. The largest absolute Gasteiger partial charge is 0.492 e. The Hall–Kier alpha value is 0.190. The first-order valence-electron chi connectivity index (χ1n) is 4.98. The SMILES string of the molecule is Brc1cccc(OCCNCCCI)c1. The van der Waals surface area contributed by atoms with Crippen molar-refractivity contribution in [2.45, 2.75) is 6.42 Å². The van der Waals surface area contributed by atoms with Crippen LogP contribution in [0.4, 0.5) is 0 Å². The van der Waals surface area contributed by atoms with Gasteiger partial charge in [0.1, 0.15) is 12.4 Å². The maximum absolute atomic E-state index is 5.57.